The summed E-state index contributed by atoms with van der Waals surface area (Å²) in [5.41, 5.74) is 1.22. The van der Waals surface area contributed by atoms with Gasteiger partial charge < -0.3 is 0 Å². The first-order valence-corrected chi connectivity index (χ1v) is 8.59. The minimum absolute atomic E-state index is 0.615. The van der Waals surface area contributed by atoms with Crippen LogP contribution in [0.15, 0.2) is 29.2 Å². The molecule has 1 aromatic rings. The van der Waals surface area contributed by atoms with Crippen LogP contribution in [0.25, 0.3) is 0 Å². The Kier molecular flexibility index (Phi) is 5.14. The molecule has 0 saturated carbocycles. The van der Waals surface area contributed by atoms with E-state index in [2.05, 4.69) is 9.80 Å². The summed E-state index contributed by atoms with van der Waals surface area (Å²) in [5.74, 6) is -2.34. The summed E-state index contributed by atoms with van der Waals surface area (Å²) < 4.78 is 24.6. The zero-order valence-electron chi connectivity index (χ0n) is 12.2. The van der Waals surface area contributed by atoms with Crippen LogP contribution >= 0.6 is 11.8 Å². The van der Waals surface area contributed by atoms with Crippen LogP contribution in [0, 0.1) is 0 Å². The summed E-state index contributed by atoms with van der Waals surface area (Å²) in [5, 5.41) is 0. The first-order chi connectivity index (χ1) is 10.2. The molecule has 0 bridgehead atoms. The highest BCUT2D eigenvalue weighted by molar-refractivity contribution is 7.99. The van der Waals surface area contributed by atoms with Crippen molar-refractivity contribution in [1.29, 1.82) is 0 Å². The van der Waals surface area contributed by atoms with Gasteiger partial charge in [-0.25, -0.2) is 0 Å². The fraction of sp³-hybridized carbons (Fsp3) is 0.625. The number of halogens is 2. The molecule has 21 heavy (non-hydrogen) atoms. The molecular weight excluding hydrogens is 290 g/mol. The van der Waals surface area contributed by atoms with E-state index in [-0.39, 0.29) is 0 Å². The molecule has 0 aromatic heterocycles. The number of thioether (sulfide) groups is 1. The first-order valence-electron chi connectivity index (χ1n) is 7.71. The van der Waals surface area contributed by atoms with Gasteiger partial charge in [0.1, 0.15) is 0 Å². The third-order valence-electron chi connectivity index (χ3n) is 4.44. The lowest BCUT2D eigenvalue weighted by Gasteiger charge is -2.25. The van der Waals surface area contributed by atoms with Crippen molar-refractivity contribution in [2.24, 2.45) is 0 Å². The van der Waals surface area contributed by atoms with E-state index in [1.54, 1.807) is 0 Å². The second-order valence-electron chi connectivity index (χ2n) is 5.94. The predicted molar refractivity (Wildman–Crippen MR) is 82.8 cm³/mol. The summed E-state index contributed by atoms with van der Waals surface area (Å²) in [7, 11) is 0. The standard InChI is InChI=1S/C16H22F2N2S/c17-16(18)21-15-6-4-13(5-7-15)11-19-8-2-10-20-9-1-3-14(20)12-19/h4-7,14,16H,1-3,8-12H2/t14-/m1/s1. The monoisotopic (exact) mass is 312 g/mol. The van der Waals surface area contributed by atoms with E-state index >= 15 is 0 Å². The van der Waals surface area contributed by atoms with Gasteiger partial charge in [-0.1, -0.05) is 23.9 Å². The van der Waals surface area contributed by atoms with Crippen molar-refractivity contribution in [3.63, 3.8) is 0 Å². The average molecular weight is 312 g/mol. The molecular formula is C16H22F2N2S. The minimum atomic E-state index is -2.34. The molecule has 0 aliphatic carbocycles. The number of fused-ring (bicyclic) bond motifs is 1. The lowest BCUT2D eigenvalue weighted by molar-refractivity contribution is 0.215. The van der Waals surface area contributed by atoms with Crippen LogP contribution in [0.5, 0.6) is 0 Å². The van der Waals surface area contributed by atoms with Crippen LogP contribution in [0.3, 0.4) is 0 Å². The van der Waals surface area contributed by atoms with E-state index < -0.39 is 5.76 Å². The van der Waals surface area contributed by atoms with Crippen molar-refractivity contribution in [2.75, 3.05) is 26.2 Å². The zero-order valence-corrected chi connectivity index (χ0v) is 13.0. The van der Waals surface area contributed by atoms with Crippen molar-refractivity contribution in [1.82, 2.24) is 9.80 Å². The number of alkyl halides is 2. The molecule has 2 saturated heterocycles. The topological polar surface area (TPSA) is 6.48 Å². The lowest BCUT2D eigenvalue weighted by atomic mass is 10.1. The van der Waals surface area contributed by atoms with E-state index in [4.69, 9.17) is 0 Å². The van der Waals surface area contributed by atoms with Gasteiger partial charge in [-0.2, -0.15) is 8.78 Å². The summed E-state index contributed by atoms with van der Waals surface area (Å²) in [6, 6.07) is 8.32. The van der Waals surface area contributed by atoms with Gasteiger partial charge in [0.05, 0.1) is 0 Å². The van der Waals surface area contributed by atoms with Crippen molar-refractivity contribution >= 4 is 11.8 Å². The van der Waals surface area contributed by atoms with Crippen molar-refractivity contribution in [2.45, 2.75) is 42.5 Å². The van der Waals surface area contributed by atoms with Gasteiger partial charge in [0.25, 0.3) is 5.76 Å². The van der Waals surface area contributed by atoms with Crippen molar-refractivity contribution in [3.05, 3.63) is 29.8 Å². The normalized spacial score (nSPS) is 24.2. The van der Waals surface area contributed by atoms with Gasteiger partial charge in [-0.3, -0.25) is 9.80 Å². The Labute approximate surface area is 129 Å². The van der Waals surface area contributed by atoms with Crippen LogP contribution in [-0.4, -0.2) is 47.8 Å². The molecule has 2 aliphatic heterocycles. The number of hydrogen-bond donors (Lipinski definition) is 0. The Hall–Kier alpha value is -0.650. The zero-order chi connectivity index (χ0) is 14.7. The number of benzene rings is 1. The lowest BCUT2D eigenvalue weighted by Crippen LogP contribution is -2.36. The van der Waals surface area contributed by atoms with Crippen molar-refractivity contribution < 1.29 is 8.78 Å². The molecule has 0 radical (unpaired) electrons. The second-order valence-corrected chi connectivity index (χ2v) is 7.01. The highest BCUT2D eigenvalue weighted by Gasteiger charge is 2.28. The molecule has 2 nitrogen and oxygen atoms in total. The Morgan fingerprint density at radius 2 is 1.86 bits per heavy atom. The molecule has 0 unspecified atom stereocenters. The number of nitrogens with zero attached hydrogens (tertiary/aromatic N) is 2. The van der Waals surface area contributed by atoms with Crippen LogP contribution in [0.4, 0.5) is 8.78 Å². The Bertz CT molecular complexity index is 452. The number of rotatable bonds is 4. The molecule has 0 spiro atoms. The van der Waals surface area contributed by atoms with Gasteiger partial charge in [0.2, 0.25) is 0 Å². The quantitative estimate of drug-likeness (QED) is 0.783. The predicted octanol–water partition coefficient (Wildman–Crippen LogP) is 3.67. The molecule has 5 heteroatoms. The smallest absolute Gasteiger partial charge is 0.288 e. The Morgan fingerprint density at radius 1 is 1.10 bits per heavy atom. The highest BCUT2D eigenvalue weighted by atomic mass is 32.2. The maximum Gasteiger partial charge on any atom is 0.288 e. The minimum Gasteiger partial charge on any atom is -0.299 e. The fourth-order valence-electron chi connectivity index (χ4n) is 3.46. The summed E-state index contributed by atoms with van der Waals surface area (Å²) in [6.07, 6.45) is 3.88. The summed E-state index contributed by atoms with van der Waals surface area (Å²) >= 11 is 0.615. The van der Waals surface area contributed by atoms with Gasteiger partial charge >= 0.3 is 0 Å². The Morgan fingerprint density at radius 3 is 2.62 bits per heavy atom. The maximum atomic E-state index is 12.3. The van der Waals surface area contributed by atoms with Gasteiger partial charge in [-0.15, -0.1) is 0 Å². The first kappa shape index (κ1) is 15.3. The van der Waals surface area contributed by atoms with Crippen LogP contribution < -0.4 is 0 Å². The largest absolute Gasteiger partial charge is 0.299 e. The molecule has 1 aromatic carbocycles. The van der Waals surface area contributed by atoms with E-state index in [0.29, 0.717) is 16.7 Å². The Balaban J connectivity index is 1.57. The van der Waals surface area contributed by atoms with E-state index in [9.17, 15) is 8.78 Å². The van der Waals surface area contributed by atoms with Crippen LogP contribution in [-0.2, 0) is 6.54 Å². The van der Waals surface area contributed by atoms with E-state index in [1.165, 1.54) is 37.9 Å². The third kappa shape index (κ3) is 4.18. The average Bonchev–Trinajstić information content (AvgIpc) is 2.79. The molecule has 2 fully saturated rings. The summed E-state index contributed by atoms with van der Waals surface area (Å²) in [6.45, 7) is 5.71. The SMILES string of the molecule is FC(F)Sc1ccc(CN2CCCN3CCC[C@@H]3C2)cc1. The molecule has 2 heterocycles. The molecule has 3 rings (SSSR count). The molecule has 2 aliphatic rings. The van der Waals surface area contributed by atoms with E-state index in [0.717, 1.165) is 25.7 Å². The second kappa shape index (κ2) is 7.07. The van der Waals surface area contributed by atoms with Crippen LogP contribution in [0.1, 0.15) is 24.8 Å². The molecule has 0 N–H and O–H groups in total. The van der Waals surface area contributed by atoms with E-state index in [1.807, 2.05) is 24.3 Å². The molecule has 1 atom stereocenters. The van der Waals surface area contributed by atoms with Crippen LogP contribution in [0.2, 0.25) is 0 Å². The summed E-state index contributed by atoms with van der Waals surface area (Å²) in [4.78, 5) is 5.79. The highest BCUT2D eigenvalue weighted by Crippen LogP contribution is 2.26. The third-order valence-corrected chi connectivity index (χ3v) is 5.16. The molecule has 0 amide bonds. The molecule has 116 valence electrons. The van der Waals surface area contributed by atoms with Gasteiger partial charge in [-0.05, 0) is 56.6 Å². The number of hydrogen-bond acceptors (Lipinski definition) is 3. The van der Waals surface area contributed by atoms with Gasteiger partial charge in [0.15, 0.2) is 0 Å². The van der Waals surface area contributed by atoms with Crippen molar-refractivity contribution in [3.8, 4) is 0 Å². The fourth-order valence-corrected chi connectivity index (χ4v) is 3.96. The maximum absolute atomic E-state index is 12.3. The van der Waals surface area contributed by atoms with Gasteiger partial charge in [0, 0.05) is 24.0 Å².